The van der Waals surface area contributed by atoms with Gasteiger partial charge in [0.2, 0.25) is 12.1 Å². The molecule has 5 atom stereocenters. The van der Waals surface area contributed by atoms with E-state index in [0.29, 0.717) is 19.4 Å². The van der Waals surface area contributed by atoms with Gasteiger partial charge < -0.3 is 52.2 Å². The lowest BCUT2D eigenvalue weighted by Crippen LogP contribution is -2.68. The summed E-state index contributed by atoms with van der Waals surface area (Å²) in [6.45, 7) is -0.720. The maximum atomic E-state index is 12.0. The molecule has 0 aromatic carbocycles. The second-order valence-corrected chi connectivity index (χ2v) is 5.61. The van der Waals surface area contributed by atoms with Gasteiger partial charge in [-0.25, -0.2) is 4.79 Å². The molecule has 0 saturated carbocycles. The highest BCUT2D eigenvalue weighted by molar-refractivity contribution is 5.79. The molecule has 1 heterocycles. The van der Waals surface area contributed by atoms with Crippen molar-refractivity contribution in [2.24, 2.45) is 17.2 Å². The van der Waals surface area contributed by atoms with Crippen LogP contribution >= 0.6 is 0 Å². The summed E-state index contributed by atoms with van der Waals surface area (Å²) in [4.78, 5) is 12.0. The van der Waals surface area contributed by atoms with Crippen molar-refractivity contribution < 1.29 is 39.8 Å². The zero-order valence-corrected chi connectivity index (χ0v) is 12.5. The molecule has 23 heavy (non-hydrogen) atoms. The molecule has 0 bridgehead atoms. The predicted octanol–water partition coefficient (Wildman–Crippen LogP) is -4.61. The molecule has 0 spiro atoms. The first kappa shape index (κ1) is 20.2. The molecule has 0 amide bonds. The van der Waals surface area contributed by atoms with Crippen LogP contribution in [0.2, 0.25) is 0 Å². The molecule has 1 rings (SSSR count). The number of aliphatic hydroxyl groups is 5. The molecule has 1 aliphatic rings. The average Bonchev–Trinajstić information content (AvgIpc) is 2.50. The number of esters is 1. The van der Waals surface area contributed by atoms with E-state index < -0.39 is 48.6 Å². The van der Waals surface area contributed by atoms with Gasteiger partial charge >= 0.3 is 5.97 Å². The van der Waals surface area contributed by atoms with E-state index in [9.17, 15) is 25.2 Å². The van der Waals surface area contributed by atoms with Crippen LogP contribution in [0.4, 0.5) is 0 Å². The standard InChI is InChI=1S/C12H25N3O8/c13-4-2-1-3-11(14,15)10(20)22-9-7(18)6(17)8(19)12(21,5-16)23-9/h6-9,16-19,21H,1-5,13-15H2/t6-,7+,8+,9?,12+/m1/s1. The van der Waals surface area contributed by atoms with E-state index >= 15 is 0 Å². The Morgan fingerprint density at radius 1 is 1.22 bits per heavy atom. The van der Waals surface area contributed by atoms with Crippen LogP contribution in [-0.4, -0.2) is 80.7 Å². The van der Waals surface area contributed by atoms with E-state index in [2.05, 4.69) is 0 Å². The summed E-state index contributed by atoms with van der Waals surface area (Å²) < 4.78 is 9.56. The van der Waals surface area contributed by atoms with Crippen molar-refractivity contribution in [1.82, 2.24) is 0 Å². The molecule has 1 fully saturated rings. The third-order valence-electron chi connectivity index (χ3n) is 3.61. The minimum absolute atomic E-state index is 0.0430. The van der Waals surface area contributed by atoms with E-state index in [0.717, 1.165) is 0 Å². The van der Waals surface area contributed by atoms with Crippen molar-refractivity contribution in [3.05, 3.63) is 0 Å². The lowest BCUT2D eigenvalue weighted by Gasteiger charge is -2.44. The molecule has 0 radical (unpaired) electrons. The monoisotopic (exact) mass is 339 g/mol. The van der Waals surface area contributed by atoms with Crippen molar-refractivity contribution >= 4 is 5.97 Å². The topological polar surface area (TPSA) is 215 Å². The molecule has 11 N–H and O–H groups in total. The number of nitrogens with two attached hydrogens (primary N) is 3. The largest absolute Gasteiger partial charge is 0.430 e. The Bertz CT molecular complexity index is 410. The summed E-state index contributed by atoms with van der Waals surface area (Å²) in [5, 5.41) is 47.9. The lowest BCUT2D eigenvalue weighted by molar-refractivity contribution is -0.391. The Labute approximate surface area is 132 Å². The van der Waals surface area contributed by atoms with E-state index in [1.54, 1.807) is 0 Å². The van der Waals surface area contributed by atoms with Gasteiger partial charge in [-0.1, -0.05) is 0 Å². The highest BCUT2D eigenvalue weighted by Gasteiger charge is 2.54. The minimum Gasteiger partial charge on any atom is -0.430 e. The normalized spacial score (nSPS) is 35.1. The molecule has 0 aromatic heterocycles. The minimum atomic E-state index is -2.62. The number of hydrogen-bond acceptors (Lipinski definition) is 11. The highest BCUT2D eigenvalue weighted by atomic mass is 16.8. The summed E-state index contributed by atoms with van der Waals surface area (Å²) in [5.74, 6) is -3.77. The Hall–Kier alpha value is -0.890. The summed E-state index contributed by atoms with van der Waals surface area (Å²) in [6, 6.07) is 0. The Morgan fingerprint density at radius 3 is 2.35 bits per heavy atom. The number of ether oxygens (including phenoxy) is 2. The van der Waals surface area contributed by atoms with Gasteiger partial charge in [0.25, 0.3) is 0 Å². The second-order valence-electron chi connectivity index (χ2n) is 5.61. The number of unbranched alkanes of at least 4 members (excludes halogenated alkanes) is 1. The van der Waals surface area contributed by atoms with E-state index in [4.69, 9.17) is 31.8 Å². The van der Waals surface area contributed by atoms with Crippen LogP contribution in [0, 0.1) is 0 Å². The van der Waals surface area contributed by atoms with Gasteiger partial charge in [-0.05, 0) is 25.8 Å². The third kappa shape index (κ3) is 4.56. The van der Waals surface area contributed by atoms with Crippen LogP contribution in [0.25, 0.3) is 0 Å². The molecule has 1 saturated heterocycles. The molecule has 136 valence electrons. The van der Waals surface area contributed by atoms with Crippen LogP contribution in [-0.2, 0) is 14.3 Å². The molecule has 0 aromatic rings. The van der Waals surface area contributed by atoms with Gasteiger partial charge in [-0.3, -0.25) is 0 Å². The first-order valence-corrected chi connectivity index (χ1v) is 7.13. The zero-order valence-electron chi connectivity index (χ0n) is 12.5. The van der Waals surface area contributed by atoms with Gasteiger partial charge in [0.05, 0.1) is 6.61 Å². The number of aliphatic hydroxyl groups excluding tert-OH is 4. The molecule has 11 heteroatoms. The van der Waals surface area contributed by atoms with Crippen molar-refractivity contribution in [3.8, 4) is 0 Å². The van der Waals surface area contributed by atoms with Gasteiger partial charge in [-0.2, -0.15) is 0 Å². The summed E-state index contributed by atoms with van der Waals surface area (Å²) in [7, 11) is 0. The zero-order chi connectivity index (χ0) is 17.8. The van der Waals surface area contributed by atoms with E-state index in [-0.39, 0.29) is 6.42 Å². The fraction of sp³-hybridized carbons (Fsp3) is 0.917. The maximum Gasteiger partial charge on any atom is 0.343 e. The van der Waals surface area contributed by atoms with Crippen molar-refractivity contribution in [2.75, 3.05) is 13.2 Å². The molecule has 0 aliphatic carbocycles. The van der Waals surface area contributed by atoms with Crippen molar-refractivity contribution in [3.63, 3.8) is 0 Å². The SMILES string of the molecule is NCCCCC(N)(N)C(=O)OC1O[C@@](O)(CO)[C@@H](O)[C@H](O)[C@@H]1O. The molecule has 1 aliphatic heterocycles. The quantitative estimate of drug-likeness (QED) is 0.125. The van der Waals surface area contributed by atoms with Crippen LogP contribution in [0.5, 0.6) is 0 Å². The fourth-order valence-corrected chi connectivity index (χ4v) is 2.06. The highest BCUT2D eigenvalue weighted by Crippen LogP contribution is 2.29. The van der Waals surface area contributed by atoms with Gasteiger partial charge in [0.1, 0.15) is 18.3 Å². The fourth-order valence-electron chi connectivity index (χ4n) is 2.06. The van der Waals surface area contributed by atoms with Gasteiger partial charge in [-0.15, -0.1) is 0 Å². The second kappa shape index (κ2) is 7.79. The summed E-state index contributed by atoms with van der Waals surface area (Å²) in [5.41, 5.74) is 14.7. The summed E-state index contributed by atoms with van der Waals surface area (Å²) >= 11 is 0. The predicted molar refractivity (Wildman–Crippen MR) is 75.0 cm³/mol. The van der Waals surface area contributed by atoms with Crippen molar-refractivity contribution in [1.29, 1.82) is 0 Å². The number of carbonyl (C=O) groups excluding carboxylic acids is 1. The third-order valence-corrected chi connectivity index (χ3v) is 3.61. The lowest BCUT2D eigenvalue weighted by atomic mass is 9.96. The van der Waals surface area contributed by atoms with Crippen LogP contribution in [0.3, 0.4) is 0 Å². The van der Waals surface area contributed by atoms with Crippen LogP contribution in [0.1, 0.15) is 19.3 Å². The van der Waals surface area contributed by atoms with Gasteiger partial charge in [0.15, 0.2) is 5.66 Å². The molecule has 1 unspecified atom stereocenters. The van der Waals surface area contributed by atoms with E-state index in [1.165, 1.54) is 0 Å². The van der Waals surface area contributed by atoms with Gasteiger partial charge in [0, 0.05) is 0 Å². The Morgan fingerprint density at radius 2 is 1.83 bits per heavy atom. The first-order valence-electron chi connectivity index (χ1n) is 7.13. The number of rotatable bonds is 7. The average molecular weight is 339 g/mol. The molecular formula is C12H25N3O8. The first-order chi connectivity index (χ1) is 10.6. The summed E-state index contributed by atoms with van der Waals surface area (Å²) in [6.07, 6.45) is -6.61. The smallest absolute Gasteiger partial charge is 0.343 e. The Balaban J connectivity index is 2.76. The van der Waals surface area contributed by atoms with E-state index in [1.807, 2.05) is 0 Å². The van der Waals surface area contributed by atoms with Crippen LogP contribution < -0.4 is 17.2 Å². The molecule has 11 nitrogen and oxygen atoms in total. The van der Waals surface area contributed by atoms with Crippen LogP contribution in [0.15, 0.2) is 0 Å². The van der Waals surface area contributed by atoms with Crippen molar-refractivity contribution in [2.45, 2.75) is 55.3 Å². The number of carbonyl (C=O) groups is 1. The number of hydrogen-bond donors (Lipinski definition) is 8. The maximum absolute atomic E-state index is 12.0. The Kier molecular flexibility index (Phi) is 6.82. The molecular weight excluding hydrogens is 314 g/mol.